The molecule has 112 valence electrons. The molecular formula is C16H21N3O2. The molecule has 0 aliphatic heterocycles. The maximum absolute atomic E-state index is 5.84. The van der Waals surface area contributed by atoms with Crippen LogP contribution >= 0.6 is 0 Å². The Morgan fingerprint density at radius 1 is 1.10 bits per heavy atom. The molecule has 0 fully saturated rings. The zero-order valence-corrected chi connectivity index (χ0v) is 12.9. The Morgan fingerprint density at radius 2 is 1.90 bits per heavy atom. The van der Waals surface area contributed by atoms with Crippen molar-refractivity contribution in [3.05, 3.63) is 41.2 Å². The lowest BCUT2D eigenvalue weighted by atomic mass is 10.1. The number of aromatic nitrogens is 2. The Kier molecular flexibility index (Phi) is 5.11. The van der Waals surface area contributed by atoms with Gasteiger partial charge in [0.15, 0.2) is 5.82 Å². The first-order valence-corrected chi connectivity index (χ1v) is 6.98. The van der Waals surface area contributed by atoms with Gasteiger partial charge in [0, 0.05) is 19.7 Å². The molecule has 1 heterocycles. The fraction of sp³-hybridized carbons (Fsp3) is 0.375. The first kappa shape index (κ1) is 15.3. The number of hydrogen-bond acceptors (Lipinski definition) is 5. The summed E-state index contributed by atoms with van der Waals surface area (Å²) in [6.45, 7) is 7.28. The van der Waals surface area contributed by atoms with Crippen LogP contribution in [0.2, 0.25) is 0 Å². The second-order valence-corrected chi connectivity index (χ2v) is 4.82. The highest BCUT2D eigenvalue weighted by Gasteiger charge is 2.07. The first-order valence-electron chi connectivity index (χ1n) is 6.98. The number of nitrogens with one attached hydrogen (secondary N) is 1. The smallest absolute Gasteiger partial charge is 0.224 e. The van der Waals surface area contributed by atoms with Gasteiger partial charge in [0.1, 0.15) is 18.2 Å². The van der Waals surface area contributed by atoms with E-state index >= 15 is 0 Å². The van der Waals surface area contributed by atoms with Gasteiger partial charge >= 0.3 is 0 Å². The minimum atomic E-state index is 0.350. The minimum absolute atomic E-state index is 0.350. The van der Waals surface area contributed by atoms with Crippen molar-refractivity contribution in [1.29, 1.82) is 0 Å². The highest BCUT2D eigenvalue weighted by molar-refractivity contribution is 5.41. The monoisotopic (exact) mass is 287 g/mol. The maximum atomic E-state index is 5.84. The lowest BCUT2D eigenvalue weighted by Crippen LogP contribution is -2.05. The van der Waals surface area contributed by atoms with Gasteiger partial charge in [-0.2, -0.15) is 4.98 Å². The van der Waals surface area contributed by atoms with E-state index in [0.29, 0.717) is 18.3 Å². The Bertz CT molecular complexity index is 590. The SMILES string of the molecule is CCNc1cc(Oc2ccc(C)c(C)c2)nc(COC)n1. The van der Waals surface area contributed by atoms with Crippen molar-refractivity contribution in [3.63, 3.8) is 0 Å². The summed E-state index contributed by atoms with van der Waals surface area (Å²) in [7, 11) is 1.62. The molecule has 0 bridgehead atoms. The molecule has 1 aromatic carbocycles. The zero-order valence-electron chi connectivity index (χ0n) is 12.9. The van der Waals surface area contributed by atoms with Crippen LogP contribution in [0.1, 0.15) is 23.9 Å². The van der Waals surface area contributed by atoms with Gasteiger partial charge in [0.25, 0.3) is 0 Å². The Labute approximate surface area is 125 Å². The van der Waals surface area contributed by atoms with Gasteiger partial charge in [-0.05, 0) is 44.0 Å². The Balaban J connectivity index is 2.26. The van der Waals surface area contributed by atoms with E-state index in [4.69, 9.17) is 9.47 Å². The third-order valence-corrected chi connectivity index (χ3v) is 3.08. The summed E-state index contributed by atoms with van der Waals surface area (Å²) in [6, 6.07) is 7.76. The zero-order chi connectivity index (χ0) is 15.2. The second kappa shape index (κ2) is 7.04. The third-order valence-electron chi connectivity index (χ3n) is 3.08. The van der Waals surface area contributed by atoms with Crippen LogP contribution in [0.3, 0.4) is 0 Å². The molecule has 0 aliphatic carbocycles. The van der Waals surface area contributed by atoms with Crippen molar-refractivity contribution in [1.82, 2.24) is 9.97 Å². The number of nitrogens with zero attached hydrogens (tertiary/aromatic N) is 2. The van der Waals surface area contributed by atoms with Crippen LogP contribution in [0.25, 0.3) is 0 Å². The van der Waals surface area contributed by atoms with Gasteiger partial charge in [0.05, 0.1) is 0 Å². The van der Waals surface area contributed by atoms with Crippen LogP contribution in [-0.2, 0) is 11.3 Å². The fourth-order valence-corrected chi connectivity index (χ4v) is 1.89. The maximum Gasteiger partial charge on any atom is 0.224 e. The molecule has 5 heteroatoms. The molecule has 0 saturated carbocycles. The molecule has 21 heavy (non-hydrogen) atoms. The molecule has 0 spiro atoms. The van der Waals surface area contributed by atoms with Crippen LogP contribution in [0, 0.1) is 13.8 Å². The van der Waals surface area contributed by atoms with Gasteiger partial charge in [-0.25, -0.2) is 4.98 Å². The summed E-state index contributed by atoms with van der Waals surface area (Å²) < 4.78 is 10.9. The number of aryl methyl sites for hydroxylation is 2. The normalized spacial score (nSPS) is 10.5. The van der Waals surface area contributed by atoms with E-state index in [1.54, 1.807) is 13.2 Å². The standard InChI is InChI=1S/C16H21N3O2/c1-5-17-14-9-16(19-15(18-14)10-20-4)21-13-7-6-11(2)12(3)8-13/h6-9H,5,10H2,1-4H3,(H,17,18,19). The molecule has 1 aromatic heterocycles. The van der Waals surface area contributed by atoms with Gasteiger partial charge in [-0.1, -0.05) is 6.07 Å². The molecular weight excluding hydrogens is 266 g/mol. The molecule has 0 saturated heterocycles. The fourth-order valence-electron chi connectivity index (χ4n) is 1.89. The molecule has 1 N–H and O–H groups in total. The Hall–Kier alpha value is -2.14. The summed E-state index contributed by atoms with van der Waals surface area (Å²) in [6.07, 6.45) is 0. The number of rotatable bonds is 6. The molecule has 5 nitrogen and oxygen atoms in total. The van der Waals surface area contributed by atoms with E-state index in [0.717, 1.165) is 18.1 Å². The summed E-state index contributed by atoms with van der Waals surface area (Å²) in [5.41, 5.74) is 2.42. The summed E-state index contributed by atoms with van der Waals surface area (Å²) in [5.74, 6) is 2.60. The van der Waals surface area contributed by atoms with Crippen molar-refractivity contribution < 1.29 is 9.47 Å². The van der Waals surface area contributed by atoms with Gasteiger partial charge < -0.3 is 14.8 Å². The average molecular weight is 287 g/mol. The molecule has 0 amide bonds. The highest BCUT2D eigenvalue weighted by Crippen LogP contribution is 2.24. The highest BCUT2D eigenvalue weighted by atomic mass is 16.5. The van der Waals surface area contributed by atoms with E-state index in [9.17, 15) is 0 Å². The molecule has 0 aliphatic rings. The number of benzene rings is 1. The second-order valence-electron chi connectivity index (χ2n) is 4.82. The molecule has 2 aromatic rings. The quantitative estimate of drug-likeness (QED) is 0.881. The first-order chi connectivity index (χ1) is 10.1. The predicted octanol–water partition coefficient (Wildman–Crippen LogP) is 3.46. The van der Waals surface area contributed by atoms with E-state index in [1.165, 1.54) is 11.1 Å². The predicted molar refractivity (Wildman–Crippen MR) is 82.9 cm³/mol. The molecule has 2 rings (SSSR count). The third kappa shape index (κ3) is 4.16. The summed E-state index contributed by atoms with van der Waals surface area (Å²) in [5, 5.41) is 3.17. The molecule has 0 atom stereocenters. The van der Waals surface area contributed by atoms with Crippen molar-refractivity contribution in [2.75, 3.05) is 19.0 Å². The van der Waals surface area contributed by atoms with Crippen LogP contribution in [0.15, 0.2) is 24.3 Å². The summed E-state index contributed by atoms with van der Waals surface area (Å²) >= 11 is 0. The van der Waals surface area contributed by atoms with Crippen molar-refractivity contribution >= 4 is 5.82 Å². The van der Waals surface area contributed by atoms with Gasteiger partial charge in [0.2, 0.25) is 5.88 Å². The van der Waals surface area contributed by atoms with Gasteiger partial charge in [-0.3, -0.25) is 0 Å². The summed E-state index contributed by atoms with van der Waals surface area (Å²) in [4.78, 5) is 8.71. The van der Waals surface area contributed by atoms with Crippen LogP contribution in [-0.4, -0.2) is 23.6 Å². The van der Waals surface area contributed by atoms with Crippen LogP contribution in [0.4, 0.5) is 5.82 Å². The average Bonchev–Trinajstić information content (AvgIpc) is 2.43. The number of methoxy groups -OCH3 is 1. The van der Waals surface area contributed by atoms with E-state index in [-0.39, 0.29) is 0 Å². The largest absolute Gasteiger partial charge is 0.439 e. The molecule has 0 unspecified atom stereocenters. The topological polar surface area (TPSA) is 56.3 Å². The van der Waals surface area contributed by atoms with Crippen LogP contribution < -0.4 is 10.1 Å². The van der Waals surface area contributed by atoms with E-state index in [2.05, 4.69) is 29.1 Å². The van der Waals surface area contributed by atoms with Crippen molar-refractivity contribution in [2.45, 2.75) is 27.4 Å². The van der Waals surface area contributed by atoms with Gasteiger partial charge in [-0.15, -0.1) is 0 Å². The van der Waals surface area contributed by atoms with Crippen LogP contribution in [0.5, 0.6) is 11.6 Å². The van der Waals surface area contributed by atoms with Crippen molar-refractivity contribution in [2.24, 2.45) is 0 Å². The number of hydrogen-bond donors (Lipinski definition) is 1. The van der Waals surface area contributed by atoms with Crippen molar-refractivity contribution in [3.8, 4) is 11.6 Å². The van der Waals surface area contributed by atoms with E-state index in [1.807, 2.05) is 25.1 Å². The lowest BCUT2D eigenvalue weighted by Gasteiger charge is -2.10. The Morgan fingerprint density at radius 3 is 2.57 bits per heavy atom. The number of ether oxygens (including phenoxy) is 2. The van der Waals surface area contributed by atoms with E-state index < -0.39 is 0 Å². The minimum Gasteiger partial charge on any atom is -0.439 e. The number of anilines is 1. The lowest BCUT2D eigenvalue weighted by molar-refractivity contribution is 0.177. The molecule has 0 radical (unpaired) electrons.